The van der Waals surface area contributed by atoms with Crippen molar-refractivity contribution in [2.75, 3.05) is 67.2 Å². The van der Waals surface area contributed by atoms with Crippen molar-refractivity contribution in [3.05, 3.63) is 42.7 Å². The van der Waals surface area contributed by atoms with Crippen LogP contribution in [-0.4, -0.2) is 72.4 Å². The first-order chi connectivity index (χ1) is 13.9. The summed E-state index contributed by atoms with van der Waals surface area (Å²) >= 11 is 0. The zero-order valence-electron chi connectivity index (χ0n) is 15.7. The number of rotatable bonds is 3. The summed E-state index contributed by atoms with van der Waals surface area (Å²) < 4.78 is 5.44. The average molecular weight is 377 g/mol. The van der Waals surface area contributed by atoms with Crippen molar-refractivity contribution in [3.8, 4) is 0 Å². The first-order valence-corrected chi connectivity index (χ1v) is 9.74. The number of aromatic nitrogens is 4. The number of para-hydroxylation sites is 2. The lowest BCUT2D eigenvalue weighted by atomic mass is 10.3. The Balaban J connectivity index is 1.27. The molecule has 2 aromatic heterocycles. The molecule has 2 saturated heterocycles. The van der Waals surface area contributed by atoms with Crippen LogP contribution < -0.4 is 14.7 Å². The summed E-state index contributed by atoms with van der Waals surface area (Å²) in [4.78, 5) is 25.4. The van der Waals surface area contributed by atoms with E-state index in [1.54, 1.807) is 0 Å². The minimum atomic E-state index is 0.755. The Labute approximate surface area is 163 Å². The highest BCUT2D eigenvalue weighted by atomic mass is 16.5. The van der Waals surface area contributed by atoms with Gasteiger partial charge in [0.2, 0.25) is 5.95 Å². The van der Waals surface area contributed by atoms with Gasteiger partial charge in [0.15, 0.2) is 0 Å². The molecule has 0 atom stereocenters. The zero-order valence-corrected chi connectivity index (χ0v) is 15.7. The minimum Gasteiger partial charge on any atom is -0.378 e. The van der Waals surface area contributed by atoms with E-state index in [4.69, 9.17) is 14.7 Å². The molecule has 0 amide bonds. The molecular formula is C20H23N7O. The van der Waals surface area contributed by atoms with Gasteiger partial charge < -0.3 is 19.4 Å². The number of hydrogen-bond donors (Lipinski definition) is 0. The van der Waals surface area contributed by atoms with Crippen LogP contribution in [0.3, 0.4) is 0 Å². The molecule has 2 fully saturated rings. The monoisotopic (exact) mass is 377 g/mol. The van der Waals surface area contributed by atoms with Crippen molar-refractivity contribution in [3.63, 3.8) is 0 Å². The van der Waals surface area contributed by atoms with Crippen molar-refractivity contribution >= 4 is 28.6 Å². The fourth-order valence-electron chi connectivity index (χ4n) is 3.70. The second-order valence-electron chi connectivity index (χ2n) is 7.01. The number of morpholine rings is 1. The normalized spacial score (nSPS) is 17.9. The second kappa shape index (κ2) is 7.55. The molecule has 28 heavy (non-hydrogen) atoms. The molecule has 0 saturated carbocycles. The lowest BCUT2D eigenvalue weighted by molar-refractivity contribution is 0.122. The van der Waals surface area contributed by atoms with E-state index in [0.717, 1.165) is 81.1 Å². The second-order valence-corrected chi connectivity index (χ2v) is 7.01. The van der Waals surface area contributed by atoms with E-state index in [0.29, 0.717) is 0 Å². The molecule has 5 rings (SSSR count). The smallest absolute Gasteiger partial charge is 0.227 e. The summed E-state index contributed by atoms with van der Waals surface area (Å²) in [7, 11) is 0. The summed E-state index contributed by atoms with van der Waals surface area (Å²) in [6, 6.07) is 9.96. The Morgan fingerprint density at radius 1 is 0.679 bits per heavy atom. The van der Waals surface area contributed by atoms with Crippen LogP contribution in [0.2, 0.25) is 0 Å². The van der Waals surface area contributed by atoms with Crippen molar-refractivity contribution in [1.29, 1.82) is 0 Å². The van der Waals surface area contributed by atoms with Gasteiger partial charge in [0, 0.05) is 45.5 Å². The van der Waals surface area contributed by atoms with E-state index < -0.39 is 0 Å². The molecule has 8 heteroatoms. The molecule has 0 unspecified atom stereocenters. The van der Waals surface area contributed by atoms with Crippen molar-refractivity contribution in [2.45, 2.75) is 0 Å². The van der Waals surface area contributed by atoms with E-state index in [2.05, 4.69) is 24.7 Å². The number of nitrogens with zero attached hydrogens (tertiary/aromatic N) is 7. The van der Waals surface area contributed by atoms with Gasteiger partial charge in [0.05, 0.1) is 30.4 Å². The van der Waals surface area contributed by atoms with Crippen LogP contribution in [0.25, 0.3) is 11.0 Å². The van der Waals surface area contributed by atoms with Gasteiger partial charge in [-0.25, -0.2) is 9.97 Å². The summed E-state index contributed by atoms with van der Waals surface area (Å²) in [5, 5.41) is 0. The molecule has 1 aromatic carbocycles. The van der Waals surface area contributed by atoms with Crippen molar-refractivity contribution in [1.82, 2.24) is 19.9 Å². The molecule has 2 aliphatic rings. The van der Waals surface area contributed by atoms with Crippen LogP contribution in [0.5, 0.6) is 0 Å². The van der Waals surface area contributed by atoms with Gasteiger partial charge >= 0.3 is 0 Å². The van der Waals surface area contributed by atoms with Gasteiger partial charge in [-0.1, -0.05) is 12.1 Å². The highest BCUT2D eigenvalue weighted by Gasteiger charge is 2.21. The van der Waals surface area contributed by atoms with Gasteiger partial charge in [-0.2, -0.15) is 4.98 Å². The van der Waals surface area contributed by atoms with Gasteiger partial charge in [-0.3, -0.25) is 4.98 Å². The third-order valence-electron chi connectivity index (χ3n) is 5.29. The maximum atomic E-state index is 5.44. The van der Waals surface area contributed by atoms with Crippen LogP contribution in [0.4, 0.5) is 17.6 Å². The molecule has 0 aliphatic carbocycles. The lowest BCUT2D eigenvalue weighted by Crippen LogP contribution is -2.47. The van der Waals surface area contributed by atoms with E-state index in [1.165, 1.54) is 0 Å². The van der Waals surface area contributed by atoms with E-state index in [-0.39, 0.29) is 0 Å². The van der Waals surface area contributed by atoms with Crippen molar-refractivity contribution < 1.29 is 4.74 Å². The molecule has 0 spiro atoms. The summed E-state index contributed by atoms with van der Waals surface area (Å²) in [5.41, 5.74) is 1.86. The molecule has 2 aliphatic heterocycles. The SMILES string of the molecule is c1ccc2nc(N3CCN(c4nccc(N5CCOCC5)n4)CC3)cnc2c1. The minimum absolute atomic E-state index is 0.755. The molecule has 0 N–H and O–H groups in total. The molecular weight excluding hydrogens is 354 g/mol. The quantitative estimate of drug-likeness (QED) is 0.681. The lowest BCUT2D eigenvalue weighted by Gasteiger charge is -2.35. The summed E-state index contributed by atoms with van der Waals surface area (Å²) in [6.45, 7) is 6.74. The number of ether oxygens (including phenoxy) is 1. The molecule has 0 bridgehead atoms. The molecule has 0 radical (unpaired) electrons. The fraction of sp³-hybridized carbons (Fsp3) is 0.400. The predicted octanol–water partition coefficient (Wildman–Crippen LogP) is 1.58. The number of fused-ring (bicyclic) bond motifs is 1. The standard InChI is InChI=1S/C20H23N7O/c1-2-4-17-16(3-1)22-15-19(23-17)25-7-9-27(10-8-25)20-21-6-5-18(24-20)26-11-13-28-14-12-26/h1-6,15H,7-14H2. The number of benzene rings is 1. The van der Waals surface area contributed by atoms with E-state index in [1.807, 2.05) is 42.7 Å². The first-order valence-electron chi connectivity index (χ1n) is 9.74. The maximum Gasteiger partial charge on any atom is 0.227 e. The number of piperazine rings is 1. The molecule has 8 nitrogen and oxygen atoms in total. The van der Waals surface area contributed by atoms with Crippen LogP contribution in [0.15, 0.2) is 42.7 Å². The summed E-state index contributed by atoms with van der Waals surface area (Å²) in [5.74, 6) is 2.71. The molecule has 4 heterocycles. The Kier molecular flexibility index (Phi) is 4.62. The third kappa shape index (κ3) is 3.43. The van der Waals surface area contributed by atoms with Crippen molar-refractivity contribution in [2.24, 2.45) is 0 Å². The fourth-order valence-corrected chi connectivity index (χ4v) is 3.70. The van der Waals surface area contributed by atoms with Gasteiger partial charge in [-0.15, -0.1) is 0 Å². The third-order valence-corrected chi connectivity index (χ3v) is 5.29. The summed E-state index contributed by atoms with van der Waals surface area (Å²) in [6.07, 6.45) is 3.72. The van der Waals surface area contributed by atoms with Crippen LogP contribution in [-0.2, 0) is 4.74 Å². The highest BCUT2D eigenvalue weighted by molar-refractivity contribution is 5.75. The zero-order chi connectivity index (χ0) is 18.8. The van der Waals surface area contributed by atoms with Crippen LogP contribution in [0, 0.1) is 0 Å². The van der Waals surface area contributed by atoms with Gasteiger partial charge in [0.25, 0.3) is 0 Å². The Morgan fingerprint density at radius 3 is 2.21 bits per heavy atom. The highest BCUT2D eigenvalue weighted by Crippen LogP contribution is 2.20. The van der Waals surface area contributed by atoms with Crippen LogP contribution in [0.1, 0.15) is 0 Å². The Morgan fingerprint density at radius 2 is 1.39 bits per heavy atom. The molecule has 144 valence electrons. The maximum absolute atomic E-state index is 5.44. The van der Waals surface area contributed by atoms with E-state index >= 15 is 0 Å². The van der Waals surface area contributed by atoms with E-state index in [9.17, 15) is 0 Å². The Bertz CT molecular complexity index is 952. The first kappa shape index (κ1) is 17.1. The molecule has 3 aromatic rings. The van der Waals surface area contributed by atoms with Gasteiger partial charge in [-0.05, 0) is 18.2 Å². The number of hydrogen-bond acceptors (Lipinski definition) is 8. The predicted molar refractivity (Wildman–Crippen MR) is 109 cm³/mol. The Hall–Kier alpha value is -3.00. The topological polar surface area (TPSA) is 70.5 Å². The van der Waals surface area contributed by atoms with Gasteiger partial charge in [0.1, 0.15) is 11.6 Å². The van der Waals surface area contributed by atoms with Crippen LogP contribution >= 0.6 is 0 Å². The largest absolute Gasteiger partial charge is 0.378 e. The average Bonchev–Trinajstić information content (AvgIpc) is 2.79. The number of anilines is 3.